The molecule has 0 bridgehead atoms. The lowest BCUT2D eigenvalue weighted by atomic mass is 10.1. The second-order valence-corrected chi connectivity index (χ2v) is 7.71. The van der Waals surface area contributed by atoms with E-state index in [1.165, 1.54) is 0 Å². The summed E-state index contributed by atoms with van der Waals surface area (Å²) in [5.74, 6) is 0. The van der Waals surface area contributed by atoms with Crippen molar-refractivity contribution >= 4 is 31.6 Å². The maximum atomic E-state index is 12.4. The van der Waals surface area contributed by atoms with Crippen LogP contribution in [0.4, 0.5) is 5.69 Å². The Morgan fingerprint density at radius 1 is 1.26 bits per heavy atom. The van der Waals surface area contributed by atoms with Gasteiger partial charge in [0.15, 0.2) is 0 Å². The van der Waals surface area contributed by atoms with Crippen LogP contribution in [0.3, 0.4) is 0 Å². The van der Waals surface area contributed by atoms with E-state index in [1.807, 2.05) is 26.0 Å². The molecule has 1 N–H and O–H groups in total. The zero-order valence-corrected chi connectivity index (χ0v) is 13.5. The van der Waals surface area contributed by atoms with Gasteiger partial charge in [-0.3, -0.25) is 4.72 Å². The summed E-state index contributed by atoms with van der Waals surface area (Å²) in [5.41, 5.74) is 2.65. The minimum atomic E-state index is -3.35. The first kappa shape index (κ1) is 14.8. The van der Waals surface area contributed by atoms with Crippen molar-refractivity contribution in [2.24, 2.45) is 0 Å². The molecule has 19 heavy (non-hydrogen) atoms. The molecule has 0 spiro atoms. The Bertz CT molecular complexity index is 542. The molecule has 1 heterocycles. The molecular formula is C13H18BrNO3S. The highest BCUT2D eigenvalue weighted by Crippen LogP contribution is 2.30. The molecule has 6 heteroatoms. The molecule has 0 saturated carbocycles. The minimum Gasteiger partial charge on any atom is -0.381 e. The van der Waals surface area contributed by atoms with Gasteiger partial charge < -0.3 is 4.74 Å². The van der Waals surface area contributed by atoms with Crippen molar-refractivity contribution in [2.75, 3.05) is 17.9 Å². The average Bonchev–Trinajstić information content (AvgIpc) is 2.35. The summed E-state index contributed by atoms with van der Waals surface area (Å²) in [5, 5.41) is -0.367. The van der Waals surface area contributed by atoms with Gasteiger partial charge in [-0.1, -0.05) is 6.07 Å². The smallest absolute Gasteiger partial charge is 0.235 e. The first-order chi connectivity index (χ1) is 8.90. The average molecular weight is 348 g/mol. The zero-order chi connectivity index (χ0) is 14.0. The number of hydrogen-bond donors (Lipinski definition) is 1. The summed E-state index contributed by atoms with van der Waals surface area (Å²) in [6.45, 7) is 4.91. The summed E-state index contributed by atoms with van der Waals surface area (Å²) in [6.07, 6.45) is 1.11. The summed E-state index contributed by atoms with van der Waals surface area (Å²) in [7, 11) is -3.35. The van der Waals surface area contributed by atoms with Crippen molar-refractivity contribution < 1.29 is 13.2 Å². The molecule has 1 aliphatic heterocycles. The predicted octanol–water partition coefficient (Wildman–Crippen LogP) is 2.99. The lowest BCUT2D eigenvalue weighted by Gasteiger charge is -2.23. The third-order valence-electron chi connectivity index (χ3n) is 3.28. The fourth-order valence-electron chi connectivity index (χ4n) is 2.26. The van der Waals surface area contributed by atoms with Crippen LogP contribution >= 0.6 is 15.9 Å². The quantitative estimate of drug-likeness (QED) is 0.914. The van der Waals surface area contributed by atoms with E-state index in [4.69, 9.17) is 4.74 Å². The molecule has 0 aliphatic carbocycles. The Balaban J connectivity index is 2.25. The molecule has 2 rings (SSSR count). The van der Waals surface area contributed by atoms with Crippen LogP contribution < -0.4 is 4.72 Å². The molecule has 0 aromatic heterocycles. The lowest BCUT2D eigenvalue weighted by molar-refractivity contribution is 0.0984. The standard InChI is InChI=1S/C13H18BrNO3S/c1-9-7-10(2)13(12(14)8-9)15-19(16,17)11-3-5-18-6-4-11/h7-8,11,15H,3-6H2,1-2H3. The fraction of sp³-hybridized carbons (Fsp3) is 0.538. The van der Waals surface area contributed by atoms with Crippen molar-refractivity contribution in [1.29, 1.82) is 0 Å². The Kier molecular flexibility index (Phi) is 4.53. The largest absolute Gasteiger partial charge is 0.381 e. The van der Waals surface area contributed by atoms with E-state index in [2.05, 4.69) is 20.7 Å². The van der Waals surface area contributed by atoms with Crippen molar-refractivity contribution in [3.8, 4) is 0 Å². The fourth-order valence-corrected chi connectivity index (χ4v) is 4.70. The van der Waals surface area contributed by atoms with Crippen molar-refractivity contribution in [3.05, 3.63) is 27.7 Å². The van der Waals surface area contributed by atoms with Gasteiger partial charge in [-0.2, -0.15) is 0 Å². The number of ether oxygens (including phenoxy) is 1. The van der Waals surface area contributed by atoms with Gasteiger partial charge in [0.2, 0.25) is 10.0 Å². The van der Waals surface area contributed by atoms with E-state index in [9.17, 15) is 8.42 Å². The lowest BCUT2D eigenvalue weighted by Crippen LogP contribution is -2.33. The topological polar surface area (TPSA) is 55.4 Å². The van der Waals surface area contributed by atoms with Gasteiger partial charge in [0.1, 0.15) is 0 Å². The van der Waals surface area contributed by atoms with Crippen LogP contribution in [0.1, 0.15) is 24.0 Å². The first-order valence-electron chi connectivity index (χ1n) is 6.26. The Morgan fingerprint density at radius 2 is 1.89 bits per heavy atom. The molecule has 1 saturated heterocycles. The molecule has 0 radical (unpaired) electrons. The molecule has 1 aliphatic rings. The number of halogens is 1. The molecule has 1 aromatic rings. The maximum Gasteiger partial charge on any atom is 0.235 e. The van der Waals surface area contributed by atoms with Gasteiger partial charge in [-0.25, -0.2) is 8.42 Å². The highest BCUT2D eigenvalue weighted by Gasteiger charge is 2.28. The molecule has 4 nitrogen and oxygen atoms in total. The van der Waals surface area contributed by atoms with Crippen LogP contribution in [-0.2, 0) is 14.8 Å². The minimum absolute atomic E-state index is 0.367. The number of anilines is 1. The maximum absolute atomic E-state index is 12.4. The van der Waals surface area contributed by atoms with Crippen LogP contribution in [0.2, 0.25) is 0 Å². The molecule has 1 aromatic carbocycles. The summed E-state index contributed by atoms with van der Waals surface area (Å²) in [6, 6.07) is 3.88. The van der Waals surface area contributed by atoms with Crippen LogP contribution in [0, 0.1) is 13.8 Å². The van der Waals surface area contributed by atoms with E-state index < -0.39 is 10.0 Å². The Morgan fingerprint density at radius 3 is 2.47 bits per heavy atom. The highest BCUT2D eigenvalue weighted by molar-refractivity contribution is 9.10. The van der Waals surface area contributed by atoms with Gasteiger partial charge in [0.25, 0.3) is 0 Å². The van der Waals surface area contributed by atoms with E-state index in [-0.39, 0.29) is 5.25 Å². The summed E-state index contributed by atoms with van der Waals surface area (Å²) < 4.78 is 33.4. The van der Waals surface area contributed by atoms with Crippen LogP contribution in [0.5, 0.6) is 0 Å². The number of benzene rings is 1. The SMILES string of the molecule is Cc1cc(C)c(NS(=O)(=O)C2CCOCC2)c(Br)c1. The van der Waals surface area contributed by atoms with Crippen LogP contribution in [0.15, 0.2) is 16.6 Å². The van der Waals surface area contributed by atoms with Gasteiger partial charge in [0.05, 0.1) is 10.9 Å². The van der Waals surface area contributed by atoms with Crippen molar-refractivity contribution in [3.63, 3.8) is 0 Å². The molecule has 0 unspecified atom stereocenters. The van der Waals surface area contributed by atoms with Gasteiger partial charge in [-0.15, -0.1) is 0 Å². The second kappa shape index (κ2) is 5.81. The summed E-state index contributed by atoms with van der Waals surface area (Å²) in [4.78, 5) is 0. The third kappa shape index (κ3) is 3.49. The zero-order valence-electron chi connectivity index (χ0n) is 11.1. The molecule has 0 amide bonds. The van der Waals surface area contributed by atoms with Gasteiger partial charge >= 0.3 is 0 Å². The normalized spacial score (nSPS) is 17.4. The highest BCUT2D eigenvalue weighted by atomic mass is 79.9. The molecule has 0 atom stereocenters. The Labute approximate surface area is 122 Å². The Hall–Kier alpha value is -0.590. The molecular weight excluding hydrogens is 330 g/mol. The van der Waals surface area contributed by atoms with Crippen LogP contribution in [0.25, 0.3) is 0 Å². The van der Waals surface area contributed by atoms with Crippen molar-refractivity contribution in [2.45, 2.75) is 31.9 Å². The van der Waals surface area contributed by atoms with Gasteiger partial charge in [-0.05, 0) is 59.8 Å². The number of nitrogens with one attached hydrogen (secondary N) is 1. The second-order valence-electron chi connectivity index (χ2n) is 4.90. The van der Waals surface area contributed by atoms with Gasteiger partial charge in [0, 0.05) is 17.7 Å². The monoisotopic (exact) mass is 347 g/mol. The first-order valence-corrected chi connectivity index (χ1v) is 8.60. The van der Waals surface area contributed by atoms with E-state index >= 15 is 0 Å². The van der Waals surface area contributed by atoms with E-state index in [0.29, 0.717) is 31.7 Å². The summed E-state index contributed by atoms with van der Waals surface area (Å²) >= 11 is 3.42. The van der Waals surface area contributed by atoms with Crippen LogP contribution in [-0.4, -0.2) is 26.9 Å². The van der Waals surface area contributed by atoms with Crippen molar-refractivity contribution in [1.82, 2.24) is 0 Å². The predicted molar refractivity (Wildman–Crippen MR) is 80.0 cm³/mol. The number of sulfonamides is 1. The van der Waals surface area contributed by atoms with E-state index in [0.717, 1.165) is 15.6 Å². The number of hydrogen-bond acceptors (Lipinski definition) is 3. The number of aryl methyl sites for hydroxylation is 2. The molecule has 106 valence electrons. The third-order valence-corrected chi connectivity index (χ3v) is 5.75. The number of rotatable bonds is 3. The molecule has 1 fully saturated rings. The van der Waals surface area contributed by atoms with E-state index in [1.54, 1.807) is 0 Å².